The van der Waals surface area contributed by atoms with Gasteiger partial charge in [-0.25, -0.2) is 0 Å². The van der Waals surface area contributed by atoms with Gasteiger partial charge in [-0.15, -0.1) is 0 Å². The average Bonchev–Trinajstić information content (AvgIpc) is 3.09. The number of carbonyl (C=O) groups is 3. The lowest BCUT2D eigenvalue weighted by molar-refractivity contribution is -0.135. The summed E-state index contributed by atoms with van der Waals surface area (Å²) in [6, 6.07) is 17.8. The van der Waals surface area contributed by atoms with Crippen molar-refractivity contribution in [2.75, 3.05) is 30.5 Å². The number of carbonyl (C=O) groups excluding carboxylic acids is 3. The molecule has 2 N–H and O–H groups in total. The first kappa shape index (κ1) is 28.8. The summed E-state index contributed by atoms with van der Waals surface area (Å²) in [6.45, 7) is 2.48. The van der Waals surface area contributed by atoms with Crippen LogP contribution < -0.4 is 25.2 Å². The van der Waals surface area contributed by atoms with Gasteiger partial charge in [0.1, 0.15) is 5.75 Å². The molecule has 3 amide bonds. The van der Waals surface area contributed by atoms with Crippen LogP contribution in [0.5, 0.6) is 5.75 Å². The van der Waals surface area contributed by atoms with Crippen LogP contribution in [0.2, 0.25) is 0 Å². The molecule has 44 heavy (non-hydrogen) atoms. The molecule has 3 aromatic rings. The van der Waals surface area contributed by atoms with Gasteiger partial charge in [0.05, 0.1) is 31.1 Å². The summed E-state index contributed by atoms with van der Waals surface area (Å²) in [4.78, 5) is 46.0. The molecule has 0 radical (unpaired) electrons. The molecule has 4 saturated carbocycles. The molecule has 2 unspecified atom stereocenters. The fourth-order valence-electron chi connectivity index (χ4n) is 9.07. The first-order valence-electron chi connectivity index (χ1n) is 16.0. The molecule has 8 heteroatoms. The number of amides is 3. The fourth-order valence-corrected chi connectivity index (χ4v) is 9.07. The molecule has 8 rings (SSSR count). The molecule has 1 aliphatic heterocycles. The Morgan fingerprint density at radius 1 is 0.886 bits per heavy atom. The summed E-state index contributed by atoms with van der Waals surface area (Å²) in [5, 5.41) is 7.80. The zero-order chi connectivity index (χ0) is 30.6. The van der Waals surface area contributed by atoms with Crippen LogP contribution in [0.4, 0.5) is 11.4 Å². The number of hydrogen-bond acceptors (Lipinski definition) is 5. The van der Waals surface area contributed by atoms with E-state index < -0.39 is 18.0 Å². The number of anilines is 2. The van der Waals surface area contributed by atoms with Crippen molar-refractivity contribution >= 4 is 39.9 Å². The van der Waals surface area contributed by atoms with Gasteiger partial charge in [0, 0.05) is 12.1 Å². The van der Waals surface area contributed by atoms with Gasteiger partial charge in [-0.2, -0.15) is 0 Å². The van der Waals surface area contributed by atoms with Gasteiger partial charge in [0.2, 0.25) is 5.91 Å². The summed E-state index contributed by atoms with van der Waals surface area (Å²) >= 11 is 0. The van der Waals surface area contributed by atoms with Crippen LogP contribution in [0.15, 0.2) is 60.7 Å². The van der Waals surface area contributed by atoms with E-state index >= 15 is 0 Å². The Kier molecular flexibility index (Phi) is 7.35. The van der Waals surface area contributed by atoms with Gasteiger partial charge in [-0.05, 0) is 105 Å². The van der Waals surface area contributed by atoms with Crippen molar-refractivity contribution in [2.45, 2.75) is 64.1 Å². The van der Waals surface area contributed by atoms with E-state index in [1.807, 2.05) is 65.6 Å². The smallest absolute Gasteiger partial charge is 0.259 e. The fraction of sp³-hybridized carbons (Fsp3) is 0.472. The number of methoxy groups -OCH3 is 1. The van der Waals surface area contributed by atoms with E-state index in [-0.39, 0.29) is 23.8 Å². The topological polar surface area (TPSA) is 91.0 Å². The first-order valence-corrected chi connectivity index (χ1v) is 16.0. The van der Waals surface area contributed by atoms with Crippen molar-refractivity contribution in [2.24, 2.45) is 23.2 Å². The maximum Gasteiger partial charge on any atom is 0.259 e. The summed E-state index contributed by atoms with van der Waals surface area (Å²) < 4.78 is 5.79. The number of benzene rings is 3. The first-order chi connectivity index (χ1) is 21.3. The van der Waals surface area contributed by atoms with Gasteiger partial charge in [0.15, 0.2) is 6.04 Å². The summed E-state index contributed by atoms with van der Waals surface area (Å²) in [5.74, 6) is 1.65. The van der Waals surface area contributed by atoms with E-state index in [0.29, 0.717) is 18.0 Å². The number of likely N-dealkylation sites (N-methyl/N-ethyl adjacent to an activating group) is 1. The highest BCUT2D eigenvalue weighted by Gasteiger charge is 2.53. The molecule has 8 nitrogen and oxygen atoms in total. The molecule has 0 spiro atoms. The summed E-state index contributed by atoms with van der Waals surface area (Å²) in [6.07, 6.45) is 7.31. The second-order valence-corrected chi connectivity index (χ2v) is 13.7. The molecule has 5 aliphatic rings. The van der Waals surface area contributed by atoms with E-state index in [1.54, 1.807) is 26.0 Å². The Morgan fingerprint density at radius 3 is 2.11 bits per heavy atom. The number of nitrogens with zero attached hydrogens (tertiary/aromatic N) is 2. The van der Waals surface area contributed by atoms with E-state index in [9.17, 15) is 14.4 Å². The predicted octanol–water partition coefficient (Wildman–Crippen LogP) is 5.04. The van der Waals surface area contributed by atoms with Crippen molar-refractivity contribution in [1.82, 2.24) is 10.6 Å². The van der Waals surface area contributed by atoms with Gasteiger partial charge in [-0.3, -0.25) is 14.4 Å². The number of hydrogen-bond donors (Lipinski definition) is 2. The van der Waals surface area contributed by atoms with Crippen LogP contribution in [0.25, 0.3) is 10.8 Å². The van der Waals surface area contributed by atoms with Crippen molar-refractivity contribution in [3.8, 4) is 5.75 Å². The van der Waals surface area contributed by atoms with Crippen LogP contribution >= 0.6 is 0 Å². The molecular weight excluding hydrogens is 552 g/mol. The monoisotopic (exact) mass is 594 g/mol. The highest BCUT2D eigenvalue weighted by molar-refractivity contribution is 6.21. The maximum atomic E-state index is 14.6. The molecule has 4 fully saturated rings. The van der Waals surface area contributed by atoms with Crippen molar-refractivity contribution < 1.29 is 19.1 Å². The van der Waals surface area contributed by atoms with Crippen molar-refractivity contribution in [3.63, 3.8) is 0 Å². The van der Waals surface area contributed by atoms with Gasteiger partial charge in [-0.1, -0.05) is 42.5 Å². The molecule has 2 atom stereocenters. The highest BCUT2D eigenvalue weighted by Crippen LogP contribution is 2.60. The second kappa shape index (κ2) is 11.2. The lowest BCUT2D eigenvalue weighted by Gasteiger charge is -2.57. The molecule has 230 valence electrons. The third-order valence-corrected chi connectivity index (χ3v) is 10.8. The quantitative estimate of drug-likeness (QED) is 0.357. The molecule has 0 saturated heterocycles. The Balaban J connectivity index is 1.33. The number of ether oxygens (including phenoxy) is 1. The maximum absolute atomic E-state index is 14.6. The number of para-hydroxylation sites is 2. The average molecular weight is 595 g/mol. The Labute approximate surface area is 259 Å². The van der Waals surface area contributed by atoms with Crippen LogP contribution in [-0.2, 0) is 20.9 Å². The number of fused-ring (bicyclic) bond motifs is 2. The van der Waals surface area contributed by atoms with Gasteiger partial charge < -0.3 is 25.2 Å². The van der Waals surface area contributed by atoms with Crippen LogP contribution in [0, 0.1) is 23.2 Å². The standard InChI is InChI=1S/C36H42N4O4/c1-22(37-2)33(41)38-32-34(42)39(20-28-27-9-5-4-8-26(27)12-13-31(28)44-3)29-10-6-7-11-30(29)40(35(32)43)21-36-17-23-14-24(18-36)16-25(15-23)19-36/h4-13,22-25,32,37H,14-21H2,1-3H3,(H,38,41). The molecular formula is C36H42N4O4. The number of rotatable bonds is 8. The van der Waals surface area contributed by atoms with E-state index in [1.165, 1.54) is 19.3 Å². The number of nitrogens with one attached hydrogen (secondary N) is 2. The van der Waals surface area contributed by atoms with Crippen LogP contribution in [0.3, 0.4) is 0 Å². The lowest BCUT2D eigenvalue weighted by atomic mass is 9.49. The zero-order valence-electron chi connectivity index (χ0n) is 25.8. The van der Waals surface area contributed by atoms with E-state index in [0.717, 1.165) is 59.0 Å². The SMILES string of the molecule is CNC(C)C(=O)NC1C(=O)N(Cc2c(OC)ccc3ccccc23)c2ccccc2N(CC23CC4CC(CC(C4)C2)C3)C1=O. The second-order valence-electron chi connectivity index (χ2n) is 13.7. The minimum Gasteiger partial charge on any atom is -0.496 e. The van der Waals surface area contributed by atoms with E-state index in [4.69, 9.17) is 4.74 Å². The predicted molar refractivity (Wildman–Crippen MR) is 172 cm³/mol. The highest BCUT2D eigenvalue weighted by atomic mass is 16.5. The van der Waals surface area contributed by atoms with Crippen molar-refractivity contribution in [3.05, 3.63) is 66.2 Å². The Bertz CT molecular complexity index is 1580. The Hall–Kier alpha value is -3.91. The van der Waals surface area contributed by atoms with E-state index in [2.05, 4.69) is 10.6 Å². The Morgan fingerprint density at radius 2 is 1.48 bits per heavy atom. The van der Waals surface area contributed by atoms with Crippen LogP contribution in [-0.4, -0.2) is 50.5 Å². The third-order valence-electron chi connectivity index (χ3n) is 10.8. The van der Waals surface area contributed by atoms with Crippen molar-refractivity contribution in [1.29, 1.82) is 0 Å². The molecule has 1 heterocycles. The van der Waals surface area contributed by atoms with Crippen LogP contribution in [0.1, 0.15) is 51.0 Å². The normalized spacial score (nSPS) is 28.2. The summed E-state index contributed by atoms with van der Waals surface area (Å²) in [5.41, 5.74) is 2.29. The molecule has 4 aliphatic carbocycles. The zero-order valence-corrected chi connectivity index (χ0v) is 25.8. The largest absolute Gasteiger partial charge is 0.496 e. The summed E-state index contributed by atoms with van der Waals surface area (Å²) in [7, 11) is 3.32. The minimum atomic E-state index is -1.35. The van der Waals surface area contributed by atoms with Gasteiger partial charge in [0.25, 0.3) is 11.8 Å². The molecule has 0 aromatic heterocycles. The minimum absolute atomic E-state index is 0.0431. The van der Waals surface area contributed by atoms with Gasteiger partial charge >= 0.3 is 0 Å². The molecule has 3 aromatic carbocycles. The third kappa shape index (κ3) is 4.93. The lowest BCUT2D eigenvalue weighted by Crippen LogP contribution is -2.60. The molecule has 4 bridgehead atoms.